The minimum absolute atomic E-state index is 0.0291. The number of fused-ring (bicyclic) bond motifs is 2. The van der Waals surface area contributed by atoms with Crippen LogP contribution in [0.4, 0.5) is 0 Å². The van der Waals surface area contributed by atoms with Gasteiger partial charge in [0.2, 0.25) is 0 Å². The summed E-state index contributed by atoms with van der Waals surface area (Å²) in [6.45, 7) is 0.746. The highest BCUT2D eigenvalue weighted by molar-refractivity contribution is 5.57. The third-order valence-electron chi connectivity index (χ3n) is 4.34. The smallest absolute Gasteiger partial charge is 0.157 e. The molecular weight excluding hydrogens is 228 g/mol. The van der Waals surface area contributed by atoms with Crippen LogP contribution in [0.1, 0.15) is 17.5 Å². The van der Waals surface area contributed by atoms with E-state index < -0.39 is 0 Å². The maximum Gasteiger partial charge on any atom is 0.157 e. The molecule has 4 rings (SSSR count). The van der Waals surface area contributed by atoms with Crippen molar-refractivity contribution in [3.63, 3.8) is 0 Å². The van der Waals surface area contributed by atoms with Gasteiger partial charge in [0.15, 0.2) is 11.5 Å². The Labute approximate surface area is 105 Å². The summed E-state index contributed by atoms with van der Waals surface area (Å²) in [7, 11) is 0. The maximum atomic E-state index is 9.75. The monoisotopic (exact) mass is 242 g/mol. The van der Waals surface area contributed by atoms with Crippen molar-refractivity contribution < 1.29 is 14.9 Å². The lowest BCUT2D eigenvalue weighted by atomic mass is 9.65. The van der Waals surface area contributed by atoms with Crippen LogP contribution in [0.25, 0.3) is 0 Å². The largest absolute Gasteiger partial charge is 0.504 e. The molecule has 2 bridgehead atoms. The summed E-state index contributed by atoms with van der Waals surface area (Å²) in [6.07, 6.45) is 8.13. The first kappa shape index (κ1) is 10.1. The molecule has 1 aromatic carbocycles. The number of rotatable bonds is 0. The molecule has 92 valence electrons. The van der Waals surface area contributed by atoms with Gasteiger partial charge in [0, 0.05) is 0 Å². The van der Waals surface area contributed by atoms with E-state index in [-0.39, 0.29) is 16.9 Å². The average molecular weight is 242 g/mol. The number of hydrogen-bond acceptors (Lipinski definition) is 3. The summed E-state index contributed by atoms with van der Waals surface area (Å²) < 4.78 is 5.84. The third-order valence-corrected chi connectivity index (χ3v) is 4.34. The number of hydrogen-bond donors (Lipinski definition) is 2. The van der Waals surface area contributed by atoms with Crippen molar-refractivity contribution in [2.75, 3.05) is 6.61 Å². The normalized spacial score (nSPS) is 31.3. The Morgan fingerprint density at radius 1 is 1.22 bits per heavy atom. The number of allylic oxidation sites excluding steroid dienone is 3. The lowest BCUT2D eigenvalue weighted by molar-refractivity contribution is 0.0710. The van der Waals surface area contributed by atoms with Gasteiger partial charge in [-0.05, 0) is 48.1 Å². The van der Waals surface area contributed by atoms with Crippen molar-refractivity contribution in [2.24, 2.45) is 5.92 Å². The Morgan fingerprint density at radius 2 is 2.06 bits per heavy atom. The first-order valence-corrected chi connectivity index (χ1v) is 6.27. The van der Waals surface area contributed by atoms with Gasteiger partial charge in [-0.1, -0.05) is 12.2 Å². The second-order valence-electron chi connectivity index (χ2n) is 5.44. The van der Waals surface area contributed by atoms with E-state index in [1.54, 1.807) is 12.1 Å². The van der Waals surface area contributed by atoms with Gasteiger partial charge in [0.25, 0.3) is 0 Å². The van der Waals surface area contributed by atoms with Crippen LogP contribution in [0.2, 0.25) is 0 Å². The van der Waals surface area contributed by atoms with Gasteiger partial charge in [-0.25, -0.2) is 0 Å². The molecule has 0 radical (unpaired) electrons. The number of aromatic hydroxyl groups is 2. The maximum absolute atomic E-state index is 9.75. The molecule has 0 saturated carbocycles. The van der Waals surface area contributed by atoms with Crippen molar-refractivity contribution in [2.45, 2.75) is 18.3 Å². The van der Waals surface area contributed by atoms with Crippen molar-refractivity contribution in [3.05, 3.63) is 47.2 Å². The van der Waals surface area contributed by atoms with E-state index in [1.165, 1.54) is 0 Å². The minimum Gasteiger partial charge on any atom is -0.504 e. The SMILES string of the molecule is Oc1cc2c(cc1O)[C@@]13C=CC=C1OC[C@H](C2)C3. The molecule has 1 saturated heterocycles. The molecule has 1 spiro atoms. The fourth-order valence-electron chi connectivity index (χ4n) is 3.58. The van der Waals surface area contributed by atoms with E-state index in [2.05, 4.69) is 6.08 Å². The Bertz CT molecular complexity index is 600. The van der Waals surface area contributed by atoms with Crippen molar-refractivity contribution in [1.82, 2.24) is 0 Å². The van der Waals surface area contributed by atoms with E-state index in [4.69, 9.17) is 4.74 Å². The first-order chi connectivity index (χ1) is 8.69. The molecule has 2 N–H and O–H groups in total. The summed E-state index contributed by atoms with van der Waals surface area (Å²) in [5, 5.41) is 19.4. The summed E-state index contributed by atoms with van der Waals surface area (Å²) >= 11 is 0. The predicted molar refractivity (Wildman–Crippen MR) is 66.4 cm³/mol. The highest BCUT2D eigenvalue weighted by Crippen LogP contribution is 2.53. The van der Waals surface area contributed by atoms with Gasteiger partial charge in [-0.15, -0.1) is 0 Å². The standard InChI is InChI=1S/C15H14O3/c16-12-5-10-4-9-7-15(11(10)6-13(12)17)3-1-2-14(15)18-8-9/h1-3,5-6,9,16-17H,4,7-8H2/t9-,15+/m1/s1. The fraction of sp³-hybridized carbons (Fsp3) is 0.333. The van der Waals surface area contributed by atoms with Crippen molar-refractivity contribution in [1.29, 1.82) is 0 Å². The van der Waals surface area contributed by atoms with Crippen LogP contribution in [-0.4, -0.2) is 16.8 Å². The molecular formula is C15H14O3. The number of ether oxygens (including phenoxy) is 1. The molecule has 1 fully saturated rings. The van der Waals surface area contributed by atoms with Gasteiger partial charge in [-0.2, -0.15) is 0 Å². The van der Waals surface area contributed by atoms with E-state index in [9.17, 15) is 10.2 Å². The highest BCUT2D eigenvalue weighted by atomic mass is 16.5. The zero-order chi connectivity index (χ0) is 12.3. The molecule has 2 aliphatic carbocycles. The molecule has 3 nitrogen and oxygen atoms in total. The fourth-order valence-corrected chi connectivity index (χ4v) is 3.58. The Hall–Kier alpha value is -1.90. The Balaban J connectivity index is 2.00. The minimum atomic E-state index is -0.207. The van der Waals surface area contributed by atoms with Gasteiger partial charge < -0.3 is 14.9 Å². The van der Waals surface area contributed by atoms with Gasteiger partial charge in [0.05, 0.1) is 12.0 Å². The van der Waals surface area contributed by atoms with E-state index in [0.29, 0.717) is 5.92 Å². The van der Waals surface area contributed by atoms with Crippen LogP contribution in [0.5, 0.6) is 11.5 Å². The lowest BCUT2D eigenvalue weighted by Crippen LogP contribution is -2.41. The van der Waals surface area contributed by atoms with Crippen LogP contribution >= 0.6 is 0 Å². The molecule has 0 amide bonds. The molecule has 3 aliphatic rings. The number of phenols is 2. The molecule has 18 heavy (non-hydrogen) atoms. The molecule has 1 aliphatic heterocycles. The third kappa shape index (κ3) is 1.09. The Morgan fingerprint density at radius 3 is 2.94 bits per heavy atom. The molecule has 1 aromatic rings. The predicted octanol–water partition coefficient (Wildman–Crippen LogP) is 2.38. The molecule has 0 unspecified atom stereocenters. The second-order valence-corrected chi connectivity index (χ2v) is 5.44. The topological polar surface area (TPSA) is 49.7 Å². The molecule has 3 heteroatoms. The summed E-state index contributed by atoms with van der Waals surface area (Å²) in [5.41, 5.74) is 2.00. The lowest BCUT2D eigenvalue weighted by Gasteiger charge is -2.44. The van der Waals surface area contributed by atoms with Crippen molar-refractivity contribution in [3.8, 4) is 11.5 Å². The van der Waals surface area contributed by atoms with Gasteiger partial charge in [0.1, 0.15) is 5.76 Å². The van der Waals surface area contributed by atoms with Crippen LogP contribution in [0.15, 0.2) is 36.1 Å². The number of benzene rings is 1. The quantitative estimate of drug-likeness (QED) is 0.687. The first-order valence-electron chi connectivity index (χ1n) is 6.27. The Kier molecular flexibility index (Phi) is 1.74. The molecule has 2 atom stereocenters. The zero-order valence-corrected chi connectivity index (χ0v) is 9.89. The highest BCUT2D eigenvalue weighted by Gasteiger charge is 2.47. The molecule has 0 aromatic heterocycles. The summed E-state index contributed by atoms with van der Waals surface area (Å²) in [5.74, 6) is 1.39. The van der Waals surface area contributed by atoms with E-state index in [0.717, 1.165) is 36.3 Å². The van der Waals surface area contributed by atoms with Gasteiger partial charge >= 0.3 is 0 Å². The zero-order valence-electron chi connectivity index (χ0n) is 9.89. The average Bonchev–Trinajstić information content (AvgIpc) is 2.75. The number of phenolic OH excluding ortho intramolecular Hbond substituents is 2. The van der Waals surface area contributed by atoms with E-state index >= 15 is 0 Å². The van der Waals surface area contributed by atoms with Crippen LogP contribution in [-0.2, 0) is 16.6 Å². The van der Waals surface area contributed by atoms with Gasteiger partial charge in [-0.3, -0.25) is 0 Å². The second kappa shape index (κ2) is 3.10. The summed E-state index contributed by atoms with van der Waals surface area (Å²) in [6, 6.07) is 3.40. The van der Waals surface area contributed by atoms with E-state index in [1.807, 2.05) is 12.2 Å². The molecule has 1 heterocycles. The van der Waals surface area contributed by atoms with Crippen LogP contribution in [0.3, 0.4) is 0 Å². The van der Waals surface area contributed by atoms with Crippen LogP contribution in [0, 0.1) is 5.92 Å². The van der Waals surface area contributed by atoms with Crippen molar-refractivity contribution >= 4 is 0 Å². The van der Waals surface area contributed by atoms with Crippen LogP contribution < -0.4 is 0 Å². The summed E-state index contributed by atoms with van der Waals surface area (Å²) in [4.78, 5) is 0.